The minimum atomic E-state index is -0.171. The van der Waals surface area contributed by atoms with E-state index in [0.29, 0.717) is 48.2 Å². The maximum atomic E-state index is 14.2. The van der Waals surface area contributed by atoms with Crippen LogP contribution in [0.25, 0.3) is 0 Å². The molecule has 238 valence electrons. The summed E-state index contributed by atoms with van der Waals surface area (Å²) in [5.41, 5.74) is 0. The van der Waals surface area contributed by atoms with E-state index in [0.717, 1.165) is 70.8 Å². The van der Waals surface area contributed by atoms with Crippen LogP contribution in [0.3, 0.4) is 0 Å². The summed E-state index contributed by atoms with van der Waals surface area (Å²) in [6.45, 7) is 1.91. The number of amides is 2. The van der Waals surface area contributed by atoms with Gasteiger partial charge in [-0.2, -0.15) is 0 Å². The smallest absolute Gasteiger partial charge is 0.246 e. The average molecular weight is 593 g/mol. The Balaban J connectivity index is 1.02. The van der Waals surface area contributed by atoms with Gasteiger partial charge in [0.25, 0.3) is 0 Å². The van der Waals surface area contributed by atoms with Gasteiger partial charge < -0.3 is 39.2 Å². The molecule has 2 amide bonds. The Hall–Kier alpha value is -1.30. The van der Waals surface area contributed by atoms with Crippen molar-refractivity contribution in [1.29, 1.82) is 0 Å². The fourth-order valence-electron chi connectivity index (χ4n) is 10.3. The summed E-state index contributed by atoms with van der Waals surface area (Å²) in [6, 6.07) is 1.04. The van der Waals surface area contributed by atoms with Crippen molar-refractivity contribution in [2.24, 2.45) is 29.6 Å². The van der Waals surface area contributed by atoms with Crippen LogP contribution in [0, 0.1) is 29.6 Å². The van der Waals surface area contributed by atoms with Gasteiger partial charge in [0, 0.05) is 53.4 Å². The van der Waals surface area contributed by atoms with E-state index in [4.69, 9.17) is 23.7 Å². The quantitative estimate of drug-likeness (QED) is 0.391. The first kappa shape index (κ1) is 30.7. The SMILES string of the molecule is COC1CCC(CCNC(=O)COC2CCC3C(C2)C2CC[NH2+]C4C5CCC(OC)C(OC)C5C(=O)N3C24)CC1OC. The van der Waals surface area contributed by atoms with E-state index in [9.17, 15) is 9.59 Å². The molecule has 42 heavy (non-hydrogen) atoms. The first-order chi connectivity index (χ1) is 20.5. The number of hydrogen-bond donors (Lipinski definition) is 2. The number of hydrogen-bond acceptors (Lipinski definition) is 7. The number of fused-ring (bicyclic) bond motifs is 5. The number of methoxy groups -OCH3 is 4. The Labute approximate surface area is 251 Å². The molecule has 3 N–H and O–H groups in total. The summed E-state index contributed by atoms with van der Waals surface area (Å²) >= 11 is 0. The molecule has 0 bridgehead atoms. The number of quaternary nitrogens is 1. The highest BCUT2D eigenvalue weighted by Gasteiger charge is 2.66. The Bertz CT molecular complexity index is 953. The first-order valence-electron chi connectivity index (χ1n) is 16.6. The molecule has 3 aliphatic carbocycles. The minimum absolute atomic E-state index is 0.0159. The van der Waals surface area contributed by atoms with Crippen molar-refractivity contribution < 1.29 is 38.6 Å². The zero-order valence-corrected chi connectivity index (χ0v) is 26.1. The maximum absolute atomic E-state index is 14.2. The normalized spacial score (nSPS) is 44.7. The van der Waals surface area contributed by atoms with Gasteiger partial charge in [-0.15, -0.1) is 0 Å². The summed E-state index contributed by atoms with van der Waals surface area (Å²) in [6.07, 6.45) is 10.2. The number of nitrogens with one attached hydrogen (secondary N) is 1. The second-order valence-electron chi connectivity index (χ2n) is 13.9. The fourth-order valence-corrected chi connectivity index (χ4v) is 10.3. The van der Waals surface area contributed by atoms with Gasteiger partial charge in [0.15, 0.2) is 0 Å². The molecule has 10 heteroatoms. The summed E-state index contributed by atoms with van der Waals surface area (Å²) < 4.78 is 29.2. The molecular weight excluding hydrogens is 538 g/mol. The standard InChI is InChI=1S/C32H53N3O7/c1-38-24-9-5-18(15-26(24)40-3)11-13-33-27(36)17-42-19-6-8-23-22(16-19)20-12-14-34-29-21-7-10-25(39-2)31(41-4)28(21)32(37)35(23)30(20)29/h18-26,28-31,34H,5-17H2,1-4H3,(H,33,36)/p+1. The van der Waals surface area contributed by atoms with Crippen LogP contribution in [0.2, 0.25) is 0 Å². The monoisotopic (exact) mass is 592 g/mol. The van der Waals surface area contributed by atoms with Crippen molar-refractivity contribution in [1.82, 2.24) is 10.2 Å². The third-order valence-electron chi connectivity index (χ3n) is 12.2. The van der Waals surface area contributed by atoms with Crippen molar-refractivity contribution in [2.75, 3.05) is 48.1 Å². The molecule has 6 aliphatic rings. The topological polar surface area (TPSA) is 112 Å². The second kappa shape index (κ2) is 13.4. The molecule has 0 aromatic rings. The van der Waals surface area contributed by atoms with E-state index in [1.54, 1.807) is 28.4 Å². The molecule has 6 rings (SSSR count). The third kappa shape index (κ3) is 5.65. The van der Waals surface area contributed by atoms with Crippen molar-refractivity contribution in [3.63, 3.8) is 0 Å². The number of carbonyl (C=O) groups excluding carboxylic acids is 2. The molecule has 0 spiro atoms. The number of ether oxygens (including phenoxy) is 5. The molecule has 3 saturated carbocycles. The fraction of sp³-hybridized carbons (Fsp3) is 0.938. The molecule has 3 heterocycles. The molecule has 13 atom stereocenters. The summed E-state index contributed by atoms with van der Waals surface area (Å²) in [4.78, 5) is 29.2. The van der Waals surface area contributed by atoms with Crippen molar-refractivity contribution in [3.05, 3.63) is 0 Å². The van der Waals surface area contributed by atoms with Crippen LogP contribution >= 0.6 is 0 Å². The molecular formula is C32H54N3O7+. The Kier molecular flexibility index (Phi) is 9.77. The van der Waals surface area contributed by atoms with Crippen LogP contribution in [-0.4, -0.2) is 113 Å². The van der Waals surface area contributed by atoms with Gasteiger partial charge in [0.05, 0.1) is 49.0 Å². The zero-order valence-electron chi connectivity index (χ0n) is 26.1. The van der Waals surface area contributed by atoms with Gasteiger partial charge in [0.2, 0.25) is 11.8 Å². The van der Waals surface area contributed by atoms with Crippen molar-refractivity contribution in [2.45, 2.75) is 113 Å². The highest BCUT2D eigenvalue weighted by atomic mass is 16.5. The third-order valence-corrected chi connectivity index (χ3v) is 12.2. The lowest BCUT2D eigenvalue weighted by Gasteiger charge is -2.53. The first-order valence-corrected chi connectivity index (χ1v) is 16.6. The Morgan fingerprint density at radius 2 is 1.64 bits per heavy atom. The Morgan fingerprint density at radius 1 is 0.857 bits per heavy atom. The molecule has 3 saturated heterocycles. The maximum Gasteiger partial charge on any atom is 0.246 e. The number of carbonyl (C=O) groups is 2. The number of nitrogens with zero attached hydrogens (tertiary/aromatic N) is 1. The number of nitrogens with two attached hydrogens (primary N) is 1. The van der Waals surface area contributed by atoms with Gasteiger partial charge >= 0.3 is 0 Å². The molecule has 0 radical (unpaired) electrons. The lowest BCUT2D eigenvalue weighted by atomic mass is 9.64. The minimum Gasteiger partial charge on any atom is -0.379 e. The van der Waals surface area contributed by atoms with Gasteiger partial charge in [-0.05, 0) is 75.5 Å². The summed E-state index contributed by atoms with van der Waals surface area (Å²) in [5, 5.41) is 5.62. The van der Waals surface area contributed by atoms with Crippen molar-refractivity contribution in [3.8, 4) is 0 Å². The van der Waals surface area contributed by atoms with E-state index in [-0.39, 0.29) is 55.0 Å². The van der Waals surface area contributed by atoms with E-state index >= 15 is 0 Å². The van der Waals surface area contributed by atoms with E-state index < -0.39 is 0 Å². The van der Waals surface area contributed by atoms with Crippen LogP contribution in [0.15, 0.2) is 0 Å². The van der Waals surface area contributed by atoms with Crippen LogP contribution in [-0.2, 0) is 33.3 Å². The molecule has 10 nitrogen and oxygen atoms in total. The number of piperidine rings is 2. The van der Waals surface area contributed by atoms with Crippen LogP contribution < -0.4 is 10.6 Å². The Morgan fingerprint density at radius 3 is 2.40 bits per heavy atom. The second-order valence-corrected chi connectivity index (χ2v) is 13.9. The van der Waals surface area contributed by atoms with Gasteiger partial charge in [-0.3, -0.25) is 9.59 Å². The van der Waals surface area contributed by atoms with Crippen molar-refractivity contribution >= 4 is 11.8 Å². The highest BCUT2D eigenvalue weighted by molar-refractivity contribution is 5.82. The van der Waals surface area contributed by atoms with Crippen LogP contribution in [0.4, 0.5) is 0 Å². The largest absolute Gasteiger partial charge is 0.379 e. The number of rotatable bonds is 10. The average Bonchev–Trinajstić information content (AvgIpc) is 3.36. The lowest BCUT2D eigenvalue weighted by Crippen LogP contribution is -2.99. The summed E-state index contributed by atoms with van der Waals surface area (Å²) in [7, 11) is 6.99. The predicted molar refractivity (Wildman–Crippen MR) is 155 cm³/mol. The highest BCUT2D eigenvalue weighted by Crippen LogP contribution is 2.53. The van der Waals surface area contributed by atoms with Gasteiger partial charge in [0.1, 0.15) is 12.6 Å². The molecule has 13 unspecified atom stereocenters. The lowest BCUT2D eigenvalue weighted by molar-refractivity contribution is -0.713. The van der Waals surface area contributed by atoms with Gasteiger partial charge in [-0.25, -0.2) is 0 Å². The van der Waals surface area contributed by atoms with Crippen LogP contribution in [0.5, 0.6) is 0 Å². The molecule has 6 fully saturated rings. The zero-order chi connectivity index (χ0) is 29.4. The predicted octanol–water partition coefficient (Wildman–Crippen LogP) is 1.11. The van der Waals surface area contributed by atoms with E-state index in [2.05, 4.69) is 15.5 Å². The van der Waals surface area contributed by atoms with Gasteiger partial charge in [-0.1, -0.05) is 0 Å². The molecule has 0 aromatic carbocycles. The molecule has 0 aromatic heterocycles. The van der Waals surface area contributed by atoms with Crippen LogP contribution in [0.1, 0.15) is 64.2 Å². The summed E-state index contributed by atoms with van der Waals surface area (Å²) in [5.74, 6) is 2.03. The van der Waals surface area contributed by atoms with E-state index in [1.807, 2.05) is 0 Å². The van der Waals surface area contributed by atoms with E-state index in [1.165, 1.54) is 0 Å². The molecule has 3 aliphatic heterocycles.